The lowest BCUT2D eigenvalue weighted by molar-refractivity contribution is -0.139. The van der Waals surface area contributed by atoms with E-state index in [0.717, 1.165) is 11.1 Å². The second-order valence-corrected chi connectivity index (χ2v) is 4.93. The first-order valence-corrected chi connectivity index (χ1v) is 5.26. The van der Waals surface area contributed by atoms with Crippen LogP contribution < -0.4 is 4.74 Å². The van der Waals surface area contributed by atoms with Crippen LogP contribution in [0.5, 0.6) is 5.75 Å². The molecule has 0 fully saturated rings. The number of hydrogen-bond donors (Lipinski definition) is 1. The van der Waals surface area contributed by atoms with Gasteiger partial charge in [0.05, 0.1) is 0 Å². The van der Waals surface area contributed by atoms with Gasteiger partial charge >= 0.3 is 5.97 Å². The third-order valence-corrected chi connectivity index (χ3v) is 2.30. The summed E-state index contributed by atoms with van der Waals surface area (Å²) < 4.78 is 5.31. The number of rotatable bonds is 3. The Bertz CT molecular complexity index is 389. The van der Waals surface area contributed by atoms with E-state index >= 15 is 0 Å². The second kappa shape index (κ2) is 4.56. The summed E-state index contributed by atoms with van der Waals surface area (Å²) >= 11 is 0. The van der Waals surface area contributed by atoms with Gasteiger partial charge in [0, 0.05) is 0 Å². The minimum atomic E-state index is -0.957. The highest BCUT2D eigenvalue weighted by molar-refractivity contribution is 5.68. The number of aliphatic carboxylic acids is 1. The van der Waals surface area contributed by atoms with E-state index in [1.165, 1.54) is 0 Å². The van der Waals surface area contributed by atoms with Gasteiger partial charge < -0.3 is 9.84 Å². The largest absolute Gasteiger partial charge is 0.482 e. The Morgan fingerprint density at radius 2 is 2.00 bits per heavy atom. The molecule has 0 saturated carbocycles. The fraction of sp³-hybridized carbons (Fsp3) is 0.462. The van der Waals surface area contributed by atoms with E-state index in [1.807, 2.05) is 25.1 Å². The molecule has 0 amide bonds. The van der Waals surface area contributed by atoms with Gasteiger partial charge in [0.15, 0.2) is 6.61 Å². The standard InChI is InChI=1S/C13H18O3/c1-9-5-6-10(13(2,3)4)11(7-9)16-8-12(14)15/h5-7H,8H2,1-4H3,(H,14,15). The van der Waals surface area contributed by atoms with Gasteiger partial charge in [-0.05, 0) is 29.5 Å². The van der Waals surface area contributed by atoms with Crippen LogP contribution in [0, 0.1) is 6.92 Å². The summed E-state index contributed by atoms with van der Waals surface area (Å²) in [4.78, 5) is 10.5. The van der Waals surface area contributed by atoms with Crippen LogP contribution in [0.2, 0.25) is 0 Å². The fourth-order valence-corrected chi connectivity index (χ4v) is 1.51. The zero-order valence-corrected chi connectivity index (χ0v) is 10.2. The molecule has 0 saturated heterocycles. The van der Waals surface area contributed by atoms with Crippen LogP contribution in [0.4, 0.5) is 0 Å². The molecule has 0 radical (unpaired) electrons. The molecule has 0 aliphatic rings. The van der Waals surface area contributed by atoms with Crippen molar-refractivity contribution in [2.45, 2.75) is 33.1 Å². The number of ether oxygens (including phenoxy) is 1. The molecule has 0 aromatic heterocycles. The van der Waals surface area contributed by atoms with E-state index in [1.54, 1.807) is 0 Å². The van der Waals surface area contributed by atoms with Crippen molar-refractivity contribution < 1.29 is 14.6 Å². The molecule has 3 nitrogen and oxygen atoms in total. The molecule has 1 N–H and O–H groups in total. The Morgan fingerprint density at radius 1 is 1.38 bits per heavy atom. The highest BCUT2D eigenvalue weighted by Crippen LogP contribution is 2.31. The van der Waals surface area contributed by atoms with Crippen LogP contribution in [0.3, 0.4) is 0 Å². The van der Waals surface area contributed by atoms with Gasteiger partial charge in [-0.25, -0.2) is 4.79 Å². The summed E-state index contributed by atoms with van der Waals surface area (Å²) in [5, 5.41) is 8.61. The van der Waals surface area contributed by atoms with Crippen LogP contribution in [-0.4, -0.2) is 17.7 Å². The molecule has 0 unspecified atom stereocenters. The third-order valence-electron chi connectivity index (χ3n) is 2.30. The maximum atomic E-state index is 10.5. The smallest absolute Gasteiger partial charge is 0.341 e. The minimum Gasteiger partial charge on any atom is -0.482 e. The van der Waals surface area contributed by atoms with Crippen molar-refractivity contribution in [3.05, 3.63) is 29.3 Å². The monoisotopic (exact) mass is 222 g/mol. The number of hydrogen-bond acceptors (Lipinski definition) is 2. The predicted molar refractivity (Wildman–Crippen MR) is 63.0 cm³/mol. The number of carbonyl (C=O) groups is 1. The van der Waals surface area contributed by atoms with Gasteiger partial charge in [-0.15, -0.1) is 0 Å². The average molecular weight is 222 g/mol. The van der Waals surface area contributed by atoms with Gasteiger partial charge in [0.1, 0.15) is 5.75 Å². The summed E-state index contributed by atoms with van der Waals surface area (Å²) in [5.74, 6) is -0.295. The lowest BCUT2D eigenvalue weighted by atomic mass is 9.86. The molecule has 1 aromatic carbocycles. The average Bonchev–Trinajstić information content (AvgIpc) is 2.12. The van der Waals surface area contributed by atoms with Crippen molar-refractivity contribution in [1.82, 2.24) is 0 Å². The van der Waals surface area contributed by atoms with E-state index in [2.05, 4.69) is 20.8 Å². The molecular weight excluding hydrogens is 204 g/mol. The Labute approximate surface area is 96.1 Å². The summed E-state index contributed by atoms with van der Waals surface area (Å²) in [5.41, 5.74) is 2.04. The number of benzene rings is 1. The van der Waals surface area contributed by atoms with Crippen molar-refractivity contribution in [2.24, 2.45) is 0 Å². The molecule has 0 aliphatic carbocycles. The Kier molecular flexibility index (Phi) is 3.58. The van der Waals surface area contributed by atoms with Crippen molar-refractivity contribution >= 4 is 5.97 Å². The highest BCUT2D eigenvalue weighted by Gasteiger charge is 2.19. The summed E-state index contributed by atoms with van der Waals surface area (Å²) in [6, 6.07) is 5.88. The first kappa shape index (κ1) is 12.6. The molecule has 3 heteroatoms. The zero-order chi connectivity index (χ0) is 12.3. The van der Waals surface area contributed by atoms with Crippen molar-refractivity contribution in [1.29, 1.82) is 0 Å². The number of carboxylic acids is 1. The van der Waals surface area contributed by atoms with Crippen LogP contribution in [0.25, 0.3) is 0 Å². The quantitative estimate of drug-likeness (QED) is 0.855. The molecule has 16 heavy (non-hydrogen) atoms. The molecular formula is C13H18O3. The van der Waals surface area contributed by atoms with E-state index < -0.39 is 5.97 Å². The highest BCUT2D eigenvalue weighted by atomic mass is 16.5. The van der Waals surface area contributed by atoms with Gasteiger partial charge in [-0.3, -0.25) is 0 Å². The lowest BCUT2D eigenvalue weighted by Gasteiger charge is -2.22. The molecule has 0 heterocycles. The SMILES string of the molecule is Cc1ccc(C(C)(C)C)c(OCC(=O)O)c1. The van der Waals surface area contributed by atoms with Crippen LogP contribution in [0.1, 0.15) is 31.9 Å². The molecule has 1 rings (SSSR count). The van der Waals surface area contributed by atoms with Crippen molar-refractivity contribution in [3.63, 3.8) is 0 Å². The Hall–Kier alpha value is -1.51. The maximum absolute atomic E-state index is 10.5. The maximum Gasteiger partial charge on any atom is 0.341 e. The minimum absolute atomic E-state index is 0.0540. The van der Waals surface area contributed by atoms with E-state index in [0.29, 0.717) is 5.75 Å². The van der Waals surface area contributed by atoms with E-state index in [4.69, 9.17) is 9.84 Å². The molecule has 0 bridgehead atoms. The van der Waals surface area contributed by atoms with Crippen LogP contribution in [0.15, 0.2) is 18.2 Å². The predicted octanol–water partition coefficient (Wildman–Crippen LogP) is 2.76. The van der Waals surface area contributed by atoms with Gasteiger partial charge in [0.25, 0.3) is 0 Å². The van der Waals surface area contributed by atoms with Gasteiger partial charge in [-0.1, -0.05) is 32.9 Å². The lowest BCUT2D eigenvalue weighted by Crippen LogP contribution is -2.16. The van der Waals surface area contributed by atoms with Crippen LogP contribution >= 0.6 is 0 Å². The van der Waals surface area contributed by atoms with Gasteiger partial charge in [-0.2, -0.15) is 0 Å². The molecule has 1 aromatic rings. The first-order valence-electron chi connectivity index (χ1n) is 5.26. The first-order chi connectivity index (χ1) is 7.30. The van der Waals surface area contributed by atoms with Crippen molar-refractivity contribution in [2.75, 3.05) is 6.61 Å². The summed E-state index contributed by atoms with van der Waals surface area (Å²) in [6.45, 7) is 7.88. The Morgan fingerprint density at radius 3 is 2.50 bits per heavy atom. The number of aryl methyl sites for hydroxylation is 1. The zero-order valence-electron chi connectivity index (χ0n) is 10.2. The number of carboxylic acid groups (broad SMARTS) is 1. The summed E-state index contributed by atoms with van der Waals surface area (Å²) in [7, 11) is 0. The molecule has 0 atom stereocenters. The second-order valence-electron chi connectivity index (χ2n) is 4.93. The summed E-state index contributed by atoms with van der Waals surface area (Å²) in [6.07, 6.45) is 0. The van der Waals surface area contributed by atoms with Crippen LogP contribution in [-0.2, 0) is 10.2 Å². The topological polar surface area (TPSA) is 46.5 Å². The normalized spacial score (nSPS) is 11.2. The Balaban J connectivity index is 3.04. The van der Waals surface area contributed by atoms with Crippen molar-refractivity contribution in [3.8, 4) is 5.75 Å². The molecule has 0 aliphatic heterocycles. The third kappa shape index (κ3) is 3.26. The molecule has 0 spiro atoms. The fourth-order valence-electron chi connectivity index (χ4n) is 1.51. The molecule has 88 valence electrons. The van der Waals surface area contributed by atoms with E-state index in [9.17, 15) is 4.79 Å². The van der Waals surface area contributed by atoms with Gasteiger partial charge in [0.2, 0.25) is 0 Å². The van der Waals surface area contributed by atoms with E-state index in [-0.39, 0.29) is 12.0 Å².